The molecule has 5 rings (SSSR count). The predicted molar refractivity (Wildman–Crippen MR) is 132 cm³/mol. The van der Waals surface area contributed by atoms with Gasteiger partial charge >= 0.3 is 0 Å². The van der Waals surface area contributed by atoms with Crippen LogP contribution in [0.3, 0.4) is 0 Å². The average Bonchev–Trinajstić information content (AvgIpc) is 3.33. The highest BCUT2D eigenvalue weighted by molar-refractivity contribution is 6.33. The fraction of sp³-hybridized carbons (Fsp3) is 0.185. The third-order valence-electron chi connectivity index (χ3n) is 5.94. The minimum absolute atomic E-state index is 0.199. The van der Waals surface area contributed by atoms with Crippen LogP contribution in [0, 0.1) is 0 Å². The van der Waals surface area contributed by atoms with Crippen LogP contribution in [0.25, 0.3) is 22.3 Å². The molecule has 0 unspecified atom stereocenters. The van der Waals surface area contributed by atoms with Gasteiger partial charge in [-0.3, -0.25) is 14.5 Å². The van der Waals surface area contributed by atoms with Crippen molar-refractivity contribution in [2.75, 3.05) is 18.4 Å². The quantitative estimate of drug-likeness (QED) is 0.400. The number of carbonyl (C=O) groups is 1. The highest BCUT2D eigenvalue weighted by atomic mass is 35.5. The van der Waals surface area contributed by atoms with E-state index in [1.54, 1.807) is 36.4 Å². The molecule has 0 spiro atoms. The third-order valence-corrected chi connectivity index (χ3v) is 6.27. The smallest absolute Gasteiger partial charge is 0.255 e. The summed E-state index contributed by atoms with van der Waals surface area (Å²) < 4.78 is 6.08. The predicted octanol–water partition coefficient (Wildman–Crippen LogP) is 5.96. The second-order valence-corrected chi connectivity index (χ2v) is 8.68. The van der Waals surface area contributed by atoms with Crippen molar-refractivity contribution in [1.29, 1.82) is 0 Å². The molecule has 166 valence electrons. The fourth-order valence-electron chi connectivity index (χ4n) is 4.27. The summed E-state index contributed by atoms with van der Waals surface area (Å²) in [4.78, 5) is 28.3. The fourth-order valence-corrected chi connectivity index (χ4v) is 4.50. The van der Waals surface area contributed by atoms with E-state index >= 15 is 0 Å². The summed E-state index contributed by atoms with van der Waals surface area (Å²) in [6, 6.07) is 21.4. The molecule has 0 aliphatic carbocycles. The monoisotopic (exact) mass is 458 g/mol. The molecule has 6 heteroatoms. The lowest BCUT2D eigenvalue weighted by molar-refractivity contribution is 0.102. The standard InChI is InChI=1S/C27H23ClN2O3/c28-22-11-2-1-9-20(22)25-16-24(31)21-10-6-12-23(26(21)33-25)29-27(32)19-8-5-7-18(15-19)17-30-13-3-4-14-30/h1-2,5-12,15-16H,3-4,13-14,17H2,(H,29,32). The average molecular weight is 459 g/mol. The van der Waals surface area contributed by atoms with Gasteiger partial charge in [0.15, 0.2) is 11.0 Å². The van der Waals surface area contributed by atoms with Gasteiger partial charge in [0.25, 0.3) is 5.91 Å². The zero-order valence-corrected chi connectivity index (χ0v) is 18.8. The molecule has 0 atom stereocenters. The number of halogens is 1. The maximum atomic E-state index is 13.1. The van der Waals surface area contributed by atoms with Gasteiger partial charge in [-0.1, -0.05) is 41.9 Å². The summed E-state index contributed by atoms with van der Waals surface area (Å²) in [6.07, 6.45) is 2.45. The second-order valence-electron chi connectivity index (χ2n) is 8.27. The molecule has 0 radical (unpaired) electrons. The lowest BCUT2D eigenvalue weighted by Gasteiger charge is -2.15. The molecule has 1 aliphatic rings. The number of amides is 1. The molecule has 1 amide bonds. The Morgan fingerprint density at radius 2 is 1.76 bits per heavy atom. The number of fused-ring (bicyclic) bond motifs is 1. The second kappa shape index (κ2) is 9.22. The van der Waals surface area contributed by atoms with E-state index in [1.165, 1.54) is 18.9 Å². The number of nitrogens with zero attached hydrogens (tertiary/aromatic N) is 1. The number of hydrogen-bond acceptors (Lipinski definition) is 4. The molecule has 33 heavy (non-hydrogen) atoms. The number of anilines is 1. The number of para-hydroxylation sites is 1. The van der Waals surface area contributed by atoms with Gasteiger partial charge in [-0.2, -0.15) is 0 Å². The zero-order chi connectivity index (χ0) is 22.8. The number of hydrogen-bond donors (Lipinski definition) is 1. The topological polar surface area (TPSA) is 62.6 Å². The Labute approximate surface area is 196 Å². The minimum Gasteiger partial charge on any atom is -0.454 e. The Morgan fingerprint density at radius 3 is 2.58 bits per heavy atom. The van der Waals surface area contributed by atoms with Crippen molar-refractivity contribution in [3.63, 3.8) is 0 Å². The number of benzene rings is 3. The van der Waals surface area contributed by atoms with Gasteiger partial charge < -0.3 is 9.73 Å². The molecule has 1 aliphatic heterocycles. The Bertz CT molecular complexity index is 1390. The minimum atomic E-state index is -0.253. The molecule has 1 saturated heterocycles. The highest BCUT2D eigenvalue weighted by Crippen LogP contribution is 2.31. The van der Waals surface area contributed by atoms with E-state index in [1.807, 2.05) is 30.3 Å². The van der Waals surface area contributed by atoms with Gasteiger partial charge in [0.2, 0.25) is 0 Å². The van der Waals surface area contributed by atoms with Gasteiger partial charge in [0, 0.05) is 23.7 Å². The van der Waals surface area contributed by atoms with Crippen LogP contribution < -0.4 is 10.7 Å². The van der Waals surface area contributed by atoms with E-state index in [-0.39, 0.29) is 11.3 Å². The molecule has 1 aromatic heterocycles. The van der Waals surface area contributed by atoms with Crippen LogP contribution in [0.15, 0.2) is 82.0 Å². The molecule has 0 saturated carbocycles. The summed E-state index contributed by atoms with van der Waals surface area (Å²) in [6.45, 7) is 3.03. The van der Waals surface area contributed by atoms with Crippen LogP contribution >= 0.6 is 11.6 Å². The van der Waals surface area contributed by atoms with Gasteiger partial charge in [0.05, 0.1) is 16.1 Å². The number of likely N-dealkylation sites (tertiary alicyclic amines) is 1. The molecule has 0 bridgehead atoms. The van der Waals surface area contributed by atoms with Crippen molar-refractivity contribution in [3.05, 3.63) is 99.2 Å². The molecule has 5 nitrogen and oxygen atoms in total. The summed E-state index contributed by atoms with van der Waals surface area (Å²) in [7, 11) is 0. The zero-order valence-electron chi connectivity index (χ0n) is 18.0. The van der Waals surface area contributed by atoms with E-state index in [4.69, 9.17) is 16.0 Å². The lowest BCUT2D eigenvalue weighted by Crippen LogP contribution is -2.19. The first-order valence-corrected chi connectivity index (χ1v) is 11.4. The van der Waals surface area contributed by atoms with Crippen molar-refractivity contribution >= 4 is 34.2 Å². The van der Waals surface area contributed by atoms with Crippen LogP contribution in [-0.4, -0.2) is 23.9 Å². The van der Waals surface area contributed by atoms with Crippen molar-refractivity contribution in [1.82, 2.24) is 4.90 Å². The molecular weight excluding hydrogens is 436 g/mol. The number of nitrogens with one attached hydrogen (secondary N) is 1. The van der Waals surface area contributed by atoms with Crippen molar-refractivity contribution in [2.24, 2.45) is 0 Å². The summed E-state index contributed by atoms with van der Waals surface area (Å²) >= 11 is 6.31. The van der Waals surface area contributed by atoms with Crippen LogP contribution in [0.5, 0.6) is 0 Å². The van der Waals surface area contributed by atoms with Crippen LogP contribution in [-0.2, 0) is 6.54 Å². The first-order valence-electron chi connectivity index (χ1n) is 11.0. The SMILES string of the molecule is O=C(Nc1cccc2c(=O)cc(-c3ccccc3Cl)oc12)c1cccc(CN2CCCC2)c1. The van der Waals surface area contributed by atoms with Crippen LogP contribution in [0.1, 0.15) is 28.8 Å². The third kappa shape index (κ3) is 4.56. The van der Waals surface area contributed by atoms with Gasteiger partial charge in [0.1, 0.15) is 5.76 Å². The Kier molecular flexibility index (Phi) is 5.99. The Balaban J connectivity index is 1.47. The molecule has 2 heterocycles. The van der Waals surface area contributed by atoms with Crippen molar-refractivity contribution in [3.8, 4) is 11.3 Å². The number of rotatable bonds is 5. The summed E-state index contributed by atoms with van der Waals surface area (Å²) in [5, 5.41) is 3.80. The van der Waals surface area contributed by atoms with Crippen LogP contribution in [0.4, 0.5) is 5.69 Å². The Hall–Kier alpha value is -3.41. The van der Waals surface area contributed by atoms with E-state index in [9.17, 15) is 9.59 Å². The van der Waals surface area contributed by atoms with Gasteiger partial charge in [-0.05, 0) is 67.9 Å². The molecule has 3 aromatic carbocycles. The highest BCUT2D eigenvalue weighted by Gasteiger charge is 2.16. The van der Waals surface area contributed by atoms with E-state index in [2.05, 4.69) is 10.2 Å². The van der Waals surface area contributed by atoms with Gasteiger partial charge in [-0.15, -0.1) is 0 Å². The maximum absolute atomic E-state index is 13.1. The first kappa shape index (κ1) is 21.4. The molecular formula is C27H23ClN2O3. The number of carbonyl (C=O) groups excluding carboxylic acids is 1. The first-order chi connectivity index (χ1) is 16.1. The Morgan fingerprint density at radius 1 is 0.970 bits per heavy atom. The maximum Gasteiger partial charge on any atom is 0.255 e. The normalized spacial score (nSPS) is 14.0. The van der Waals surface area contributed by atoms with E-state index in [0.29, 0.717) is 38.6 Å². The summed E-state index contributed by atoms with van der Waals surface area (Å²) in [5.74, 6) is 0.101. The van der Waals surface area contributed by atoms with E-state index < -0.39 is 0 Å². The summed E-state index contributed by atoms with van der Waals surface area (Å²) in [5.41, 5.74) is 2.85. The lowest BCUT2D eigenvalue weighted by atomic mass is 10.1. The van der Waals surface area contributed by atoms with Gasteiger partial charge in [-0.25, -0.2) is 0 Å². The molecule has 1 fully saturated rings. The van der Waals surface area contributed by atoms with E-state index in [0.717, 1.165) is 25.2 Å². The largest absolute Gasteiger partial charge is 0.454 e. The molecule has 4 aromatic rings. The van der Waals surface area contributed by atoms with Crippen molar-refractivity contribution < 1.29 is 9.21 Å². The molecule has 1 N–H and O–H groups in total. The van der Waals surface area contributed by atoms with Crippen LogP contribution in [0.2, 0.25) is 5.02 Å². The van der Waals surface area contributed by atoms with Crippen molar-refractivity contribution in [2.45, 2.75) is 19.4 Å².